The number of rotatable bonds is 3. The number of aromatic nitrogens is 2. The molecule has 4 rings (SSSR count). The van der Waals surface area contributed by atoms with Crippen molar-refractivity contribution in [3.05, 3.63) is 51.2 Å². The second-order valence-corrected chi connectivity index (χ2v) is 6.90. The van der Waals surface area contributed by atoms with Gasteiger partial charge in [-0.05, 0) is 37.5 Å². The maximum Gasteiger partial charge on any atom is 0.255 e. The molecule has 0 bridgehead atoms. The normalized spacial score (nSPS) is 17.6. The van der Waals surface area contributed by atoms with Crippen LogP contribution in [0.3, 0.4) is 0 Å². The van der Waals surface area contributed by atoms with Crippen molar-refractivity contribution >= 4 is 5.71 Å². The van der Waals surface area contributed by atoms with Gasteiger partial charge < -0.3 is 15.2 Å². The molecular weight excluding hydrogens is 332 g/mol. The summed E-state index contributed by atoms with van der Waals surface area (Å²) in [6.45, 7) is 2.48. The third-order valence-electron chi connectivity index (χ3n) is 5.00. The zero-order valence-corrected chi connectivity index (χ0v) is 14.5. The Bertz CT molecular complexity index is 919. The van der Waals surface area contributed by atoms with Gasteiger partial charge in [0, 0.05) is 38.2 Å². The van der Waals surface area contributed by atoms with E-state index in [2.05, 4.69) is 19.9 Å². The summed E-state index contributed by atoms with van der Waals surface area (Å²) >= 11 is 0. The van der Waals surface area contributed by atoms with Crippen LogP contribution in [0.2, 0.25) is 0 Å². The number of aromatic amines is 1. The van der Waals surface area contributed by atoms with Crippen molar-refractivity contribution in [1.82, 2.24) is 14.9 Å². The zero-order valence-electron chi connectivity index (χ0n) is 14.5. The first kappa shape index (κ1) is 16.8. The first-order chi connectivity index (χ1) is 12.6. The third-order valence-corrected chi connectivity index (χ3v) is 5.00. The molecule has 0 spiro atoms. The predicted octanol–water partition coefficient (Wildman–Crippen LogP) is 1.71. The lowest BCUT2D eigenvalue weighted by atomic mass is 10.0. The molecule has 1 aromatic heterocycles. The molecule has 7 heteroatoms. The Morgan fingerprint density at radius 2 is 2.08 bits per heavy atom. The van der Waals surface area contributed by atoms with Crippen LogP contribution < -0.4 is 5.56 Å². The number of fused-ring (bicyclic) bond motifs is 1. The molecule has 0 atom stereocenters. The van der Waals surface area contributed by atoms with Crippen molar-refractivity contribution in [1.29, 1.82) is 0 Å². The first-order valence-corrected chi connectivity index (χ1v) is 8.99. The fourth-order valence-electron chi connectivity index (χ4n) is 3.58. The highest BCUT2D eigenvalue weighted by atomic mass is 16.3. The lowest BCUT2D eigenvalue weighted by molar-refractivity contribution is 0.238. The molecule has 3 heterocycles. The molecule has 0 saturated heterocycles. The van der Waals surface area contributed by atoms with Gasteiger partial charge in [-0.15, -0.1) is 0 Å². The summed E-state index contributed by atoms with van der Waals surface area (Å²) in [5.41, 5.74) is 2.96. The molecule has 0 amide bonds. The summed E-state index contributed by atoms with van der Waals surface area (Å²) < 4.78 is 0. The first-order valence-electron chi connectivity index (χ1n) is 8.99. The second-order valence-electron chi connectivity index (χ2n) is 6.90. The molecule has 0 unspecified atom stereocenters. The van der Waals surface area contributed by atoms with E-state index in [1.807, 2.05) is 0 Å². The lowest BCUT2D eigenvalue weighted by Gasteiger charge is -2.28. The van der Waals surface area contributed by atoms with Crippen LogP contribution in [0.5, 0.6) is 11.5 Å². The van der Waals surface area contributed by atoms with Crippen molar-refractivity contribution in [3.63, 3.8) is 0 Å². The SMILES string of the molecule is O=c1[nH]c(C2=NCCCC2)nc2c1CN(Cc1cc(O)ccc1O)CC2. The number of hydrogen-bond acceptors (Lipinski definition) is 6. The number of aromatic hydroxyl groups is 2. The monoisotopic (exact) mass is 354 g/mol. The van der Waals surface area contributed by atoms with Gasteiger partial charge in [-0.2, -0.15) is 0 Å². The number of phenols is 2. The van der Waals surface area contributed by atoms with Gasteiger partial charge in [0.2, 0.25) is 0 Å². The van der Waals surface area contributed by atoms with E-state index in [1.165, 1.54) is 12.1 Å². The maximum absolute atomic E-state index is 12.6. The number of hydrogen-bond donors (Lipinski definition) is 3. The van der Waals surface area contributed by atoms with Crippen LogP contribution in [0.15, 0.2) is 28.0 Å². The van der Waals surface area contributed by atoms with Gasteiger partial charge in [-0.1, -0.05) is 0 Å². The summed E-state index contributed by atoms with van der Waals surface area (Å²) in [7, 11) is 0. The summed E-state index contributed by atoms with van der Waals surface area (Å²) in [6.07, 6.45) is 3.72. The Morgan fingerprint density at radius 3 is 2.88 bits per heavy atom. The molecule has 136 valence electrons. The summed E-state index contributed by atoms with van der Waals surface area (Å²) in [5.74, 6) is 0.881. The Balaban J connectivity index is 1.56. The van der Waals surface area contributed by atoms with Gasteiger partial charge in [0.1, 0.15) is 11.5 Å². The van der Waals surface area contributed by atoms with E-state index in [0.717, 1.165) is 43.8 Å². The second kappa shape index (κ2) is 6.92. The van der Waals surface area contributed by atoms with E-state index in [1.54, 1.807) is 6.07 Å². The Labute approximate surface area is 151 Å². The topological polar surface area (TPSA) is 102 Å². The third kappa shape index (κ3) is 3.35. The van der Waals surface area contributed by atoms with Gasteiger partial charge in [0.15, 0.2) is 5.82 Å². The predicted molar refractivity (Wildman–Crippen MR) is 97.7 cm³/mol. The maximum atomic E-state index is 12.6. The molecule has 2 aliphatic rings. The molecule has 0 aliphatic carbocycles. The Morgan fingerprint density at radius 1 is 1.19 bits per heavy atom. The minimum absolute atomic E-state index is 0.108. The molecular formula is C19H22N4O3. The fourth-order valence-corrected chi connectivity index (χ4v) is 3.58. The zero-order chi connectivity index (χ0) is 18.1. The molecule has 0 fully saturated rings. The molecule has 0 radical (unpaired) electrons. The number of benzene rings is 1. The van der Waals surface area contributed by atoms with Gasteiger partial charge in [0.25, 0.3) is 5.56 Å². The van der Waals surface area contributed by atoms with E-state index in [-0.39, 0.29) is 17.1 Å². The lowest BCUT2D eigenvalue weighted by Crippen LogP contribution is -2.36. The van der Waals surface area contributed by atoms with Crippen molar-refractivity contribution in [2.75, 3.05) is 13.1 Å². The standard InChI is InChI=1S/C19H22N4O3/c24-13-4-5-17(25)12(9-13)10-23-8-6-15-14(11-23)19(26)22-18(21-15)16-3-1-2-7-20-16/h4-5,9,24-25H,1-3,6-8,10-11H2,(H,21,22,26). The Kier molecular flexibility index (Phi) is 4.46. The molecule has 0 saturated carbocycles. The van der Waals surface area contributed by atoms with Gasteiger partial charge in [-0.3, -0.25) is 14.7 Å². The summed E-state index contributed by atoms with van der Waals surface area (Å²) in [6, 6.07) is 4.49. The number of nitrogens with one attached hydrogen (secondary N) is 1. The Hall–Kier alpha value is -2.67. The number of nitrogens with zero attached hydrogens (tertiary/aromatic N) is 3. The van der Waals surface area contributed by atoms with Crippen molar-refractivity contribution in [2.45, 2.75) is 38.8 Å². The molecule has 3 N–H and O–H groups in total. The van der Waals surface area contributed by atoms with E-state index >= 15 is 0 Å². The van der Waals surface area contributed by atoms with Gasteiger partial charge >= 0.3 is 0 Å². The highest BCUT2D eigenvalue weighted by Gasteiger charge is 2.23. The fraction of sp³-hybridized carbons (Fsp3) is 0.421. The number of H-pyrrole nitrogens is 1. The summed E-state index contributed by atoms with van der Waals surface area (Å²) in [4.78, 5) is 26.7. The van der Waals surface area contributed by atoms with Crippen LogP contribution in [0.25, 0.3) is 0 Å². The number of aliphatic imine (C=N–C) groups is 1. The largest absolute Gasteiger partial charge is 0.508 e. The van der Waals surface area contributed by atoms with E-state index in [9.17, 15) is 15.0 Å². The molecule has 7 nitrogen and oxygen atoms in total. The van der Waals surface area contributed by atoms with Crippen molar-refractivity contribution < 1.29 is 10.2 Å². The minimum atomic E-state index is -0.108. The van der Waals surface area contributed by atoms with Crippen LogP contribution in [0, 0.1) is 0 Å². The van der Waals surface area contributed by atoms with Crippen molar-refractivity contribution in [2.24, 2.45) is 4.99 Å². The molecule has 26 heavy (non-hydrogen) atoms. The van der Waals surface area contributed by atoms with E-state index in [0.29, 0.717) is 36.5 Å². The average molecular weight is 354 g/mol. The molecule has 1 aromatic carbocycles. The van der Waals surface area contributed by atoms with Crippen LogP contribution >= 0.6 is 0 Å². The molecule has 2 aliphatic heterocycles. The van der Waals surface area contributed by atoms with E-state index < -0.39 is 0 Å². The highest BCUT2D eigenvalue weighted by molar-refractivity contribution is 5.97. The van der Waals surface area contributed by atoms with Crippen LogP contribution in [-0.2, 0) is 19.5 Å². The smallest absolute Gasteiger partial charge is 0.255 e. The van der Waals surface area contributed by atoms with Gasteiger partial charge in [-0.25, -0.2) is 4.98 Å². The van der Waals surface area contributed by atoms with E-state index in [4.69, 9.17) is 0 Å². The van der Waals surface area contributed by atoms with Crippen LogP contribution in [0.1, 0.15) is 41.9 Å². The highest BCUT2D eigenvalue weighted by Crippen LogP contribution is 2.25. The number of phenolic OH excluding ortho intramolecular Hbond substituents is 2. The van der Waals surface area contributed by atoms with Crippen LogP contribution in [-0.4, -0.2) is 43.9 Å². The average Bonchev–Trinajstić information content (AvgIpc) is 2.66. The molecule has 2 aromatic rings. The van der Waals surface area contributed by atoms with Gasteiger partial charge in [0.05, 0.1) is 17.0 Å². The quantitative estimate of drug-likeness (QED) is 0.729. The minimum Gasteiger partial charge on any atom is -0.508 e. The van der Waals surface area contributed by atoms with Crippen molar-refractivity contribution in [3.8, 4) is 11.5 Å². The van der Waals surface area contributed by atoms with Crippen LogP contribution in [0.4, 0.5) is 0 Å². The summed E-state index contributed by atoms with van der Waals surface area (Å²) in [5, 5.41) is 19.6.